The third-order valence-electron chi connectivity index (χ3n) is 2.38. The standard InChI is InChI=1S/C13H11ClN2O2S/c1-19(17,18)12-5-3-11(4-6-12)15-8-10-2-7-13(14)16-9-10/h2-9H,1H3. The van der Waals surface area contributed by atoms with Gasteiger partial charge in [-0.3, -0.25) is 4.99 Å². The lowest BCUT2D eigenvalue weighted by atomic mass is 10.3. The van der Waals surface area contributed by atoms with Gasteiger partial charge in [0.1, 0.15) is 5.15 Å². The van der Waals surface area contributed by atoms with Crippen LogP contribution in [0.4, 0.5) is 5.69 Å². The lowest BCUT2D eigenvalue weighted by Gasteiger charge is -1.98. The van der Waals surface area contributed by atoms with Gasteiger partial charge in [-0.15, -0.1) is 0 Å². The summed E-state index contributed by atoms with van der Waals surface area (Å²) in [5.74, 6) is 0. The third kappa shape index (κ3) is 3.87. The molecule has 0 saturated carbocycles. The molecular formula is C13H11ClN2O2S. The second-order valence-corrected chi connectivity index (χ2v) is 6.34. The summed E-state index contributed by atoms with van der Waals surface area (Å²) in [4.78, 5) is 8.44. The van der Waals surface area contributed by atoms with Crippen LogP contribution < -0.4 is 0 Å². The normalized spacial score (nSPS) is 11.9. The second kappa shape index (κ2) is 5.50. The van der Waals surface area contributed by atoms with Crippen molar-refractivity contribution < 1.29 is 8.42 Å². The first kappa shape index (κ1) is 13.7. The largest absolute Gasteiger partial charge is 0.256 e. The number of sulfone groups is 1. The summed E-state index contributed by atoms with van der Waals surface area (Å²) in [5.41, 5.74) is 1.49. The number of aliphatic imine (C=N–C) groups is 1. The van der Waals surface area contributed by atoms with Crippen molar-refractivity contribution in [2.45, 2.75) is 4.90 Å². The van der Waals surface area contributed by atoms with Crippen LogP contribution in [0.3, 0.4) is 0 Å². The van der Waals surface area contributed by atoms with Gasteiger partial charge in [0, 0.05) is 24.2 Å². The zero-order valence-corrected chi connectivity index (χ0v) is 11.7. The van der Waals surface area contributed by atoms with Crippen molar-refractivity contribution in [3.8, 4) is 0 Å². The molecule has 0 aliphatic rings. The number of hydrogen-bond donors (Lipinski definition) is 0. The Bertz CT molecular complexity index is 692. The van der Waals surface area contributed by atoms with Crippen molar-refractivity contribution in [3.05, 3.63) is 53.3 Å². The van der Waals surface area contributed by atoms with Crippen LogP contribution in [0.1, 0.15) is 5.56 Å². The molecule has 4 nitrogen and oxygen atoms in total. The van der Waals surface area contributed by atoms with E-state index < -0.39 is 9.84 Å². The van der Waals surface area contributed by atoms with Crippen LogP contribution in [0.25, 0.3) is 0 Å². The first-order chi connectivity index (χ1) is 8.95. The minimum Gasteiger partial charge on any atom is -0.256 e. The van der Waals surface area contributed by atoms with E-state index in [9.17, 15) is 8.42 Å². The van der Waals surface area contributed by atoms with E-state index >= 15 is 0 Å². The highest BCUT2D eigenvalue weighted by Crippen LogP contribution is 2.16. The number of pyridine rings is 1. The van der Waals surface area contributed by atoms with Crippen molar-refractivity contribution in [3.63, 3.8) is 0 Å². The average Bonchev–Trinajstić information content (AvgIpc) is 2.37. The summed E-state index contributed by atoms with van der Waals surface area (Å²) in [6, 6.07) is 9.83. The fourth-order valence-electron chi connectivity index (χ4n) is 1.39. The summed E-state index contributed by atoms with van der Waals surface area (Å²) < 4.78 is 22.6. The minimum atomic E-state index is -3.17. The molecule has 0 aliphatic carbocycles. The second-order valence-electron chi connectivity index (χ2n) is 3.94. The van der Waals surface area contributed by atoms with Crippen LogP contribution in [-0.4, -0.2) is 25.9 Å². The Balaban J connectivity index is 2.18. The number of halogens is 1. The first-order valence-corrected chi connectivity index (χ1v) is 7.68. The van der Waals surface area contributed by atoms with Crippen LogP contribution in [0.15, 0.2) is 52.5 Å². The van der Waals surface area contributed by atoms with E-state index in [0.29, 0.717) is 10.8 Å². The molecule has 1 aromatic heterocycles. The molecule has 0 aliphatic heterocycles. The predicted molar refractivity (Wildman–Crippen MR) is 76.1 cm³/mol. The van der Waals surface area contributed by atoms with Crippen molar-refractivity contribution in [1.82, 2.24) is 4.98 Å². The van der Waals surface area contributed by atoms with E-state index in [-0.39, 0.29) is 4.90 Å². The Kier molecular flexibility index (Phi) is 3.97. The summed E-state index contributed by atoms with van der Waals surface area (Å²) in [6.45, 7) is 0. The van der Waals surface area contributed by atoms with Crippen molar-refractivity contribution in [1.29, 1.82) is 0 Å². The van der Waals surface area contributed by atoms with Crippen LogP contribution in [-0.2, 0) is 9.84 Å². The summed E-state index contributed by atoms with van der Waals surface area (Å²) in [6.07, 6.45) is 4.42. The fraction of sp³-hybridized carbons (Fsp3) is 0.0769. The van der Waals surface area contributed by atoms with E-state index in [2.05, 4.69) is 9.98 Å². The Labute approximate surface area is 116 Å². The third-order valence-corrected chi connectivity index (χ3v) is 3.73. The van der Waals surface area contributed by atoms with Crippen LogP contribution in [0.2, 0.25) is 5.15 Å². The number of hydrogen-bond acceptors (Lipinski definition) is 4. The number of nitrogens with zero attached hydrogens (tertiary/aromatic N) is 2. The maximum atomic E-state index is 11.3. The zero-order chi connectivity index (χ0) is 13.9. The van der Waals surface area contributed by atoms with Gasteiger partial charge in [0.15, 0.2) is 9.84 Å². The maximum absolute atomic E-state index is 11.3. The van der Waals surface area contributed by atoms with Gasteiger partial charge in [0.25, 0.3) is 0 Å². The molecule has 0 saturated heterocycles. The molecule has 0 N–H and O–H groups in total. The molecule has 0 unspecified atom stereocenters. The molecule has 2 rings (SSSR count). The quantitative estimate of drug-likeness (QED) is 0.646. The van der Waals surface area contributed by atoms with Gasteiger partial charge in [-0.05, 0) is 36.4 Å². The molecule has 1 heterocycles. The molecular weight excluding hydrogens is 284 g/mol. The molecule has 0 bridgehead atoms. The predicted octanol–water partition coefficient (Wildman–Crippen LogP) is 2.89. The van der Waals surface area contributed by atoms with Gasteiger partial charge in [-0.1, -0.05) is 11.6 Å². The SMILES string of the molecule is CS(=O)(=O)c1ccc(N=Cc2ccc(Cl)nc2)cc1. The van der Waals surface area contributed by atoms with Gasteiger partial charge in [-0.2, -0.15) is 0 Å². The molecule has 2 aromatic rings. The molecule has 0 fully saturated rings. The van der Waals surface area contributed by atoms with Crippen LogP contribution in [0, 0.1) is 0 Å². The lowest BCUT2D eigenvalue weighted by molar-refractivity contribution is 0.602. The van der Waals surface area contributed by atoms with Gasteiger partial charge in [-0.25, -0.2) is 13.4 Å². The minimum absolute atomic E-state index is 0.277. The summed E-state index contributed by atoms with van der Waals surface area (Å²) in [7, 11) is -3.17. The smallest absolute Gasteiger partial charge is 0.175 e. The van der Waals surface area contributed by atoms with E-state index in [4.69, 9.17) is 11.6 Å². The summed E-state index contributed by atoms with van der Waals surface area (Å²) in [5, 5.41) is 0.426. The number of benzene rings is 1. The lowest BCUT2D eigenvalue weighted by Crippen LogP contribution is -1.95. The van der Waals surface area contributed by atoms with Crippen molar-refractivity contribution in [2.24, 2.45) is 4.99 Å². The number of aromatic nitrogens is 1. The first-order valence-electron chi connectivity index (χ1n) is 5.41. The Morgan fingerprint density at radius 1 is 1.16 bits per heavy atom. The zero-order valence-electron chi connectivity index (χ0n) is 10.1. The van der Waals surface area contributed by atoms with E-state index in [1.54, 1.807) is 36.7 Å². The van der Waals surface area contributed by atoms with Crippen LogP contribution in [0.5, 0.6) is 0 Å². The molecule has 6 heteroatoms. The van der Waals surface area contributed by atoms with Gasteiger partial charge in [0.05, 0.1) is 10.6 Å². The Morgan fingerprint density at radius 2 is 1.84 bits per heavy atom. The van der Waals surface area contributed by atoms with E-state index in [0.717, 1.165) is 5.56 Å². The topological polar surface area (TPSA) is 59.4 Å². The van der Waals surface area contributed by atoms with Crippen molar-refractivity contribution >= 4 is 33.3 Å². The fourth-order valence-corrected chi connectivity index (χ4v) is 2.13. The molecule has 0 spiro atoms. The Morgan fingerprint density at radius 3 is 2.37 bits per heavy atom. The van der Waals surface area contributed by atoms with Gasteiger partial charge < -0.3 is 0 Å². The monoisotopic (exact) mass is 294 g/mol. The van der Waals surface area contributed by atoms with E-state index in [1.165, 1.54) is 18.4 Å². The maximum Gasteiger partial charge on any atom is 0.175 e. The highest BCUT2D eigenvalue weighted by molar-refractivity contribution is 7.90. The molecule has 0 radical (unpaired) electrons. The molecule has 0 atom stereocenters. The summed E-state index contributed by atoms with van der Waals surface area (Å²) >= 11 is 5.68. The van der Waals surface area contributed by atoms with Crippen molar-refractivity contribution in [2.75, 3.05) is 6.26 Å². The molecule has 0 amide bonds. The molecule has 1 aromatic carbocycles. The Hall–Kier alpha value is -1.72. The highest BCUT2D eigenvalue weighted by Gasteiger charge is 2.05. The number of rotatable bonds is 3. The highest BCUT2D eigenvalue weighted by atomic mass is 35.5. The average molecular weight is 295 g/mol. The van der Waals surface area contributed by atoms with Gasteiger partial charge >= 0.3 is 0 Å². The molecule has 98 valence electrons. The van der Waals surface area contributed by atoms with Gasteiger partial charge in [0.2, 0.25) is 0 Å². The van der Waals surface area contributed by atoms with Crippen LogP contribution >= 0.6 is 11.6 Å². The molecule has 19 heavy (non-hydrogen) atoms. The van der Waals surface area contributed by atoms with E-state index in [1.807, 2.05) is 0 Å².